The van der Waals surface area contributed by atoms with E-state index in [1.165, 1.54) is 0 Å². The number of carbonyl (C=O) groups is 3. The van der Waals surface area contributed by atoms with Crippen molar-refractivity contribution in [2.75, 3.05) is 31.8 Å². The quantitative estimate of drug-likeness (QED) is 0.672. The van der Waals surface area contributed by atoms with Gasteiger partial charge in [0.05, 0.1) is 19.3 Å². The highest BCUT2D eigenvalue weighted by molar-refractivity contribution is 6.06. The van der Waals surface area contributed by atoms with E-state index in [0.29, 0.717) is 42.1 Å². The summed E-state index contributed by atoms with van der Waals surface area (Å²) in [5.74, 6) is 0.0281. The van der Waals surface area contributed by atoms with E-state index in [-0.39, 0.29) is 18.5 Å². The highest BCUT2D eigenvalue weighted by atomic mass is 16.5. The fourth-order valence-corrected chi connectivity index (χ4v) is 3.17. The number of anilines is 1. The van der Waals surface area contributed by atoms with Crippen LogP contribution in [0.2, 0.25) is 0 Å². The molecule has 0 N–H and O–H groups in total. The number of hydrogen-bond acceptors (Lipinski definition) is 5. The monoisotopic (exact) mass is 396 g/mol. The van der Waals surface area contributed by atoms with Crippen LogP contribution < -0.4 is 9.64 Å². The van der Waals surface area contributed by atoms with Crippen molar-refractivity contribution in [3.8, 4) is 5.75 Å². The van der Waals surface area contributed by atoms with Crippen molar-refractivity contribution < 1.29 is 23.9 Å². The lowest BCUT2D eigenvalue weighted by molar-refractivity contribution is -0.127. The van der Waals surface area contributed by atoms with Gasteiger partial charge in [-0.2, -0.15) is 0 Å². The normalized spacial score (nSPS) is 13.3. The van der Waals surface area contributed by atoms with Crippen LogP contribution in [0.25, 0.3) is 0 Å². The number of carbonyl (C=O) groups excluding carboxylic acids is 3. The van der Waals surface area contributed by atoms with Gasteiger partial charge in [0, 0.05) is 24.2 Å². The third-order valence-electron chi connectivity index (χ3n) is 4.76. The molecule has 0 atom stereocenters. The molecular formula is C22H24N2O5. The minimum absolute atomic E-state index is 0.0284. The first-order valence-corrected chi connectivity index (χ1v) is 9.54. The van der Waals surface area contributed by atoms with Gasteiger partial charge in [-0.25, -0.2) is 4.79 Å². The average molecular weight is 396 g/mol. The van der Waals surface area contributed by atoms with Crippen LogP contribution in [0.3, 0.4) is 0 Å². The average Bonchev–Trinajstić information content (AvgIpc) is 3.16. The zero-order valence-corrected chi connectivity index (χ0v) is 16.6. The zero-order chi connectivity index (χ0) is 20.8. The van der Waals surface area contributed by atoms with Gasteiger partial charge in [-0.05, 0) is 61.9 Å². The lowest BCUT2D eigenvalue weighted by Crippen LogP contribution is -2.42. The minimum Gasteiger partial charge on any atom is -0.497 e. The summed E-state index contributed by atoms with van der Waals surface area (Å²) in [6, 6.07) is 13.4. The Morgan fingerprint density at radius 2 is 1.69 bits per heavy atom. The molecule has 29 heavy (non-hydrogen) atoms. The molecule has 152 valence electrons. The highest BCUT2D eigenvalue weighted by Gasteiger charge is 2.26. The third kappa shape index (κ3) is 4.74. The van der Waals surface area contributed by atoms with E-state index in [1.54, 1.807) is 72.4 Å². The second-order valence-corrected chi connectivity index (χ2v) is 6.63. The Bertz CT molecular complexity index is 877. The summed E-state index contributed by atoms with van der Waals surface area (Å²) >= 11 is 0. The number of esters is 1. The Morgan fingerprint density at radius 1 is 1.03 bits per heavy atom. The first kappa shape index (κ1) is 20.4. The molecule has 0 aliphatic carbocycles. The van der Waals surface area contributed by atoms with Gasteiger partial charge in [-0.15, -0.1) is 0 Å². The van der Waals surface area contributed by atoms with Gasteiger partial charge in [0.15, 0.2) is 0 Å². The third-order valence-corrected chi connectivity index (χ3v) is 4.76. The molecule has 2 aromatic carbocycles. The molecule has 1 heterocycles. The molecule has 0 bridgehead atoms. The Kier molecular flexibility index (Phi) is 6.49. The van der Waals surface area contributed by atoms with Crippen molar-refractivity contribution in [2.24, 2.45) is 0 Å². The maximum atomic E-state index is 13.2. The molecule has 0 aromatic heterocycles. The van der Waals surface area contributed by atoms with Crippen molar-refractivity contribution in [3.05, 3.63) is 59.7 Å². The molecule has 0 radical (unpaired) electrons. The summed E-state index contributed by atoms with van der Waals surface area (Å²) in [5, 5.41) is 0. The number of nitrogens with zero attached hydrogens (tertiary/aromatic N) is 2. The van der Waals surface area contributed by atoms with Gasteiger partial charge in [-0.3, -0.25) is 14.5 Å². The predicted octanol–water partition coefficient (Wildman–Crippen LogP) is 3.10. The molecule has 1 aliphatic heterocycles. The summed E-state index contributed by atoms with van der Waals surface area (Å²) in [5.41, 5.74) is 1.48. The fraction of sp³-hybridized carbons (Fsp3) is 0.318. The van der Waals surface area contributed by atoms with Gasteiger partial charge in [-0.1, -0.05) is 0 Å². The van der Waals surface area contributed by atoms with Crippen LogP contribution in [0, 0.1) is 0 Å². The van der Waals surface area contributed by atoms with Crippen LogP contribution in [0.4, 0.5) is 5.69 Å². The summed E-state index contributed by atoms with van der Waals surface area (Å²) in [6.45, 7) is 2.81. The fourth-order valence-electron chi connectivity index (χ4n) is 3.17. The number of likely N-dealkylation sites (tertiary alicyclic amines) is 1. The summed E-state index contributed by atoms with van der Waals surface area (Å²) in [4.78, 5) is 40.4. The van der Waals surface area contributed by atoms with Crippen LogP contribution >= 0.6 is 0 Å². The number of rotatable bonds is 7. The van der Waals surface area contributed by atoms with E-state index in [1.807, 2.05) is 0 Å². The summed E-state index contributed by atoms with van der Waals surface area (Å²) in [7, 11) is 1.56. The number of hydrogen-bond donors (Lipinski definition) is 0. The van der Waals surface area contributed by atoms with Crippen molar-refractivity contribution in [1.82, 2.24) is 4.90 Å². The number of amides is 2. The van der Waals surface area contributed by atoms with Gasteiger partial charge in [0.1, 0.15) is 12.4 Å². The van der Waals surface area contributed by atoms with Crippen LogP contribution in [0.15, 0.2) is 48.5 Å². The number of ether oxygens (including phenoxy) is 2. The minimum atomic E-state index is -0.415. The molecule has 7 nitrogen and oxygen atoms in total. The van der Waals surface area contributed by atoms with Crippen LogP contribution in [0.5, 0.6) is 5.75 Å². The molecule has 2 amide bonds. The molecule has 3 rings (SSSR count). The maximum Gasteiger partial charge on any atom is 0.338 e. The molecule has 0 spiro atoms. The maximum absolute atomic E-state index is 13.2. The van der Waals surface area contributed by atoms with Crippen LogP contribution in [0.1, 0.15) is 40.5 Å². The van der Waals surface area contributed by atoms with Gasteiger partial charge >= 0.3 is 5.97 Å². The van der Waals surface area contributed by atoms with E-state index in [0.717, 1.165) is 6.42 Å². The SMILES string of the molecule is CCOC(=O)c1ccc(N(CN2CCCC2=O)C(=O)c2ccc(OC)cc2)cc1. The topological polar surface area (TPSA) is 76.2 Å². The van der Waals surface area contributed by atoms with E-state index in [4.69, 9.17) is 9.47 Å². The van der Waals surface area contributed by atoms with Gasteiger partial charge < -0.3 is 14.4 Å². The van der Waals surface area contributed by atoms with Crippen molar-refractivity contribution in [2.45, 2.75) is 19.8 Å². The Morgan fingerprint density at radius 3 is 2.24 bits per heavy atom. The zero-order valence-electron chi connectivity index (χ0n) is 16.6. The Labute approximate surface area is 169 Å². The van der Waals surface area contributed by atoms with Crippen LogP contribution in [-0.2, 0) is 9.53 Å². The summed E-state index contributed by atoms with van der Waals surface area (Å²) < 4.78 is 10.2. The molecule has 0 saturated carbocycles. The predicted molar refractivity (Wildman–Crippen MR) is 108 cm³/mol. The molecule has 1 fully saturated rings. The molecule has 2 aromatic rings. The molecule has 7 heteroatoms. The molecule has 1 aliphatic rings. The Balaban J connectivity index is 1.88. The van der Waals surface area contributed by atoms with Crippen LogP contribution in [-0.4, -0.2) is 49.6 Å². The van der Waals surface area contributed by atoms with E-state index in [9.17, 15) is 14.4 Å². The number of benzene rings is 2. The van der Waals surface area contributed by atoms with E-state index < -0.39 is 5.97 Å². The lowest BCUT2D eigenvalue weighted by Gasteiger charge is -2.28. The van der Waals surface area contributed by atoms with E-state index in [2.05, 4.69) is 0 Å². The smallest absolute Gasteiger partial charge is 0.338 e. The van der Waals surface area contributed by atoms with Crippen molar-refractivity contribution in [1.29, 1.82) is 0 Å². The second-order valence-electron chi connectivity index (χ2n) is 6.63. The molecule has 1 saturated heterocycles. The standard InChI is InChI=1S/C22H24N2O5/c1-3-29-22(27)17-6-10-18(11-7-17)24(15-23-14-4-5-20(23)25)21(26)16-8-12-19(28-2)13-9-16/h6-13H,3-5,14-15H2,1-2H3. The van der Waals surface area contributed by atoms with Gasteiger partial charge in [0.2, 0.25) is 5.91 Å². The first-order chi connectivity index (χ1) is 14.0. The van der Waals surface area contributed by atoms with Crippen molar-refractivity contribution >= 4 is 23.5 Å². The molecule has 0 unspecified atom stereocenters. The van der Waals surface area contributed by atoms with E-state index >= 15 is 0 Å². The van der Waals surface area contributed by atoms with Gasteiger partial charge in [0.25, 0.3) is 5.91 Å². The first-order valence-electron chi connectivity index (χ1n) is 9.54. The Hall–Kier alpha value is -3.35. The second kappa shape index (κ2) is 9.23. The number of methoxy groups -OCH3 is 1. The van der Waals surface area contributed by atoms with Crippen molar-refractivity contribution in [3.63, 3.8) is 0 Å². The largest absolute Gasteiger partial charge is 0.497 e. The lowest BCUT2D eigenvalue weighted by atomic mass is 10.1. The summed E-state index contributed by atoms with van der Waals surface area (Å²) in [6.07, 6.45) is 1.28. The molecular weight excluding hydrogens is 372 g/mol. The highest BCUT2D eigenvalue weighted by Crippen LogP contribution is 2.22.